The van der Waals surface area contributed by atoms with Crippen LogP contribution in [0.15, 0.2) is 28.0 Å². The van der Waals surface area contributed by atoms with E-state index in [2.05, 4.69) is 18.7 Å². The van der Waals surface area contributed by atoms with Gasteiger partial charge in [0, 0.05) is 25.9 Å². The highest BCUT2D eigenvalue weighted by Gasteiger charge is 2.35. The second-order valence-electron chi connectivity index (χ2n) is 9.82. The zero-order chi connectivity index (χ0) is 24.0. The summed E-state index contributed by atoms with van der Waals surface area (Å²) in [5, 5.41) is 0. The summed E-state index contributed by atoms with van der Waals surface area (Å²) in [5.41, 5.74) is 1.87. The molecule has 2 aromatic rings. The Bertz CT molecular complexity index is 1220. The van der Waals surface area contributed by atoms with Crippen molar-refractivity contribution in [3.63, 3.8) is 0 Å². The number of hydrogen-bond donors (Lipinski definition) is 0. The summed E-state index contributed by atoms with van der Waals surface area (Å²) in [6, 6.07) is 3.81. The van der Waals surface area contributed by atoms with E-state index in [1.165, 1.54) is 11.8 Å². The van der Waals surface area contributed by atoms with Crippen LogP contribution in [0.4, 0.5) is 5.82 Å². The van der Waals surface area contributed by atoms with Gasteiger partial charge in [0.25, 0.3) is 11.5 Å². The highest BCUT2D eigenvalue weighted by Crippen LogP contribution is 2.35. The van der Waals surface area contributed by atoms with Crippen LogP contribution in [0.3, 0.4) is 0 Å². The van der Waals surface area contributed by atoms with Crippen LogP contribution in [-0.2, 0) is 9.53 Å². The topological polar surface area (TPSA) is 67.2 Å². The van der Waals surface area contributed by atoms with Crippen molar-refractivity contribution in [2.24, 2.45) is 11.8 Å². The van der Waals surface area contributed by atoms with Crippen molar-refractivity contribution in [1.29, 1.82) is 0 Å². The Hall–Kier alpha value is -2.23. The van der Waals surface area contributed by atoms with Crippen molar-refractivity contribution in [3.05, 3.63) is 44.7 Å². The smallest absolute Gasteiger partial charge is 0.267 e. The van der Waals surface area contributed by atoms with Gasteiger partial charge in [-0.1, -0.05) is 43.9 Å². The van der Waals surface area contributed by atoms with Crippen LogP contribution in [0.2, 0.25) is 0 Å². The molecule has 0 saturated carbocycles. The number of aromatic nitrogens is 2. The minimum atomic E-state index is -0.168. The Morgan fingerprint density at radius 1 is 1.26 bits per heavy atom. The Morgan fingerprint density at radius 3 is 2.74 bits per heavy atom. The van der Waals surface area contributed by atoms with Crippen LogP contribution in [0.1, 0.15) is 44.2 Å². The number of ether oxygens (including phenoxy) is 1. The van der Waals surface area contributed by atoms with Gasteiger partial charge in [0.1, 0.15) is 15.8 Å². The molecular weight excluding hydrogens is 468 g/mol. The molecule has 0 N–H and O–H groups in total. The minimum Gasteiger partial charge on any atom is -0.376 e. The highest BCUT2D eigenvalue weighted by atomic mass is 32.2. The lowest BCUT2D eigenvalue weighted by molar-refractivity contribution is -0.123. The minimum absolute atomic E-state index is 0.0182. The molecule has 0 aliphatic carbocycles. The first-order valence-corrected chi connectivity index (χ1v) is 13.2. The lowest BCUT2D eigenvalue weighted by Gasteiger charge is -2.36. The average molecular weight is 499 g/mol. The van der Waals surface area contributed by atoms with Gasteiger partial charge in [-0.05, 0) is 55.7 Å². The molecule has 0 bridgehead atoms. The van der Waals surface area contributed by atoms with Crippen molar-refractivity contribution in [1.82, 2.24) is 14.3 Å². The van der Waals surface area contributed by atoms with Gasteiger partial charge in [-0.25, -0.2) is 4.98 Å². The van der Waals surface area contributed by atoms with Crippen molar-refractivity contribution >= 4 is 51.7 Å². The molecule has 2 aromatic heterocycles. The van der Waals surface area contributed by atoms with Gasteiger partial charge < -0.3 is 9.64 Å². The lowest BCUT2D eigenvalue weighted by Crippen LogP contribution is -2.40. The summed E-state index contributed by atoms with van der Waals surface area (Å²) < 4.78 is 7.80. The molecule has 3 aliphatic rings. The van der Waals surface area contributed by atoms with E-state index in [-0.39, 0.29) is 17.6 Å². The number of carbonyl (C=O) groups is 1. The maximum Gasteiger partial charge on any atom is 0.267 e. The van der Waals surface area contributed by atoms with Crippen molar-refractivity contribution < 1.29 is 9.53 Å². The lowest BCUT2D eigenvalue weighted by atomic mass is 9.91. The summed E-state index contributed by atoms with van der Waals surface area (Å²) in [5.74, 6) is 1.49. The number of nitrogens with zero attached hydrogens (tertiary/aromatic N) is 4. The molecule has 0 radical (unpaired) electrons. The normalized spacial score (nSPS) is 26.9. The molecule has 9 heteroatoms. The first kappa shape index (κ1) is 23.5. The van der Waals surface area contributed by atoms with Gasteiger partial charge >= 0.3 is 0 Å². The van der Waals surface area contributed by atoms with Gasteiger partial charge in [-0.15, -0.1) is 0 Å². The van der Waals surface area contributed by atoms with Gasteiger partial charge in [0.2, 0.25) is 0 Å². The first-order chi connectivity index (χ1) is 16.3. The summed E-state index contributed by atoms with van der Waals surface area (Å²) in [4.78, 5) is 36.3. The van der Waals surface area contributed by atoms with E-state index < -0.39 is 0 Å². The Balaban J connectivity index is 1.59. The van der Waals surface area contributed by atoms with Gasteiger partial charge in [0.05, 0.1) is 23.1 Å². The van der Waals surface area contributed by atoms with E-state index >= 15 is 0 Å². The second kappa shape index (κ2) is 9.43. The number of anilines is 1. The van der Waals surface area contributed by atoms with E-state index in [1.807, 2.05) is 19.1 Å². The SMILES string of the molecule is Cc1cccn2c(=O)c(/C=C3/SC(=S)N(C[C@@H]4CCCO4)C3=O)c(N3C[C@H](C)C[C@H](C)C3)nc12. The molecule has 0 spiro atoms. The van der Waals surface area contributed by atoms with E-state index in [0.717, 1.165) is 44.5 Å². The zero-order valence-corrected chi connectivity index (χ0v) is 21.5. The third kappa shape index (κ3) is 4.41. The second-order valence-corrected chi connectivity index (χ2v) is 11.5. The summed E-state index contributed by atoms with van der Waals surface area (Å²) in [6.45, 7) is 9.28. The largest absolute Gasteiger partial charge is 0.376 e. The van der Waals surface area contributed by atoms with E-state index in [9.17, 15) is 9.59 Å². The van der Waals surface area contributed by atoms with Crippen LogP contribution in [0.5, 0.6) is 0 Å². The number of rotatable bonds is 4. The molecule has 5 rings (SSSR count). The highest BCUT2D eigenvalue weighted by molar-refractivity contribution is 8.26. The van der Waals surface area contributed by atoms with E-state index in [1.54, 1.807) is 21.6 Å². The molecule has 5 heterocycles. The van der Waals surface area contributed by atoms with Crippen LogP contribution in [0, 0.1) is 18.8 Å². The van der Waals surface area contributed by atoms with Gasteiger partial charge in [-0.2, -0.15) is 0 Å². The fourth-order valence-corrected chi connectivity index (χ4v) is 6.54. The molecule has 34 heavy (non-hydrogen) atoms. The van der Waals surface area contributed by atoms with Gasteiger partial charge in [-0.3, -0.25) is 18.9 Å². The maximum absolute atomic E-state index is 13.7. The van der Waals surface area contributed by atoms with E-state index in [4.69, 9.17) is 21.9 Å². The van der Waals surface area contributed by atoms with Gasteiger partial charge in [0.15, 0.2) is 0 Å². The average Bonchev–Trinajstić information content (AvgIpc) is 3.39. The quantitative estimate of drug-likeness (QED) is 0.468. The van der Waals surface area contributed by atoms with Crippen molar-refractivity contribution in [2.45, 2.75) is 46.1 Å². The van der Waals surface area contributed by atoms with Crippen LogP contribution >= 0.6 is 24.0 Å². The molecule has 3 fully saturated rings. The number of thioether (sulfide) groups is 1. The third-order valence-electron chi connectivity index (χ3n) is 6.79. The summed E-state index contributed by atoms with van der Waals surface area (Å²) in [7, 11) is 0. The maximum atomic E-state index is 13.7. The fraction of sp³-hybridized carbons (Fsp3) is 0.520. The number of hydrogen-bond acceptors (Lipinski definition) is 7. The molecule has 3 atom stereocenters. The number of pyridine rings is 1. The molecule has 180 valence electrons. The number of piperidine rings is 1. The van der Waals surface area contributed by atoms with Crippen molar-refractivity contribution in [3.8, 4) is 0 Å². The predicted octanol–water partition coefficient (Wildman–Crippen LogP) is 3.87. The zero-order valence-electron chi connectivity index (χ0n) is 19.8. The van der Waals surface area contributed by atoms with Crippen molar-refractivity contribution in [2.75, 3.05) is 31.1 Å². The Labute approximate surface area is 209 Å². The van der Waals surface area contributed by atoms with Crippen LogP contribution in [0.25, 0.3) is 11.7 Å². The molecule has 1 amide bonds. The third-order valence-corrected chi connectivity index (χ3v) is 8.17. The molecule has 3 saturated heterocycles. The number of carbonyl (C=O) groups excluding carboxylic acids is 1. The standard InChI is InChI=1S/C25H30N4O3S2/c1-15-10-16(2)13-27(12-15)22-19(23(30)28-8-4-6-17(3)21(28)26-22)11-20-24(31)29(25(33)34-20)14-18-7-5-9-32-18/h4,6,8,11,15-16,18H,5,7,9-10,12-14H2,1-3H3/b20-11+/t15-,16+,18-/m0/s1. The van der Waals surface area contributed by atoms with Crippen LogP contribution in [-0.4, -0.2) is 56.9 Å². The Morgan fingerprint density at radius 2 is 2.03 bits per heavy atom. The molecular formula is C25H30N4O3S2. The Kier molecular flexibility index (Phi) is 6.52. The first-order valence-electron chi connectivity index (χ1n) is 12.0. The monoisotopic (exact) mass is 498 g/mol. The molecule has 3 aliphatic heterocycles. The molecule has 0 aromatic carbocycles. The number of aryl methyl sites for hydroxylation is 1. The number of fused-ring (bicyclic) bond motifs is 1. The summed E-state index contributed by atoms with van der Waals surface area (Å²) >= 11 is 6.78. The molecule has 0 unspecified atom stereocenters. The van der Waals surface area contributed by atoms with Crippen LogP contribution < -0.4 is 10.5 Å². The fourth-order valence-electron chi connectivity index (χ4n) is 5.28. The molecule has 7 nitrogen and oxygen atoms in total. The van der Waals surface area contributed by atoms with E-state index in [0.29, 0.717) is 44.6 Å². The number of thiocarbonyl (C=S) groups is 1. The number of amides is 1. The summed E-state index contributed by atoms with van der Waals surface area (Å²) in [6.07, 6.45) is 6.55. The predicted molar refractivity (Wildman–Crippen MR) is 140 cm³/mol.